The van der Waals surface area contributed by atoms with Crippen molar-refractivity contribution in [1.82, 2.24) is 9.80 Å². The lowest BCUT2D eigenvalue weighted by Crippen LogP contribution is -2.31. The molecule has 2 nitrogen and oxygen atoms in total. The molecule has 0 amide bonds. The van der Waals surface area contributed by atoms with E-state index in [1.54, 1.807) is 0 Å². The van der Waals surface area contributed by atoms with E-state index in [2.05, 4.69) is 37.9 Å². The zero-order chi connectivity index (χ0) is 12.8. The molecule has 0 spiro atoms. The van der Waals surface area contributed by atoms with Gasteiger partial charge < -0.3 is 4.90 Å². The maximum Gasteiger partial charge on any atom is 0.0406 e. The quantitative estimate of drug-likeness (QED) is 0.782. The molecule has 4 heteroatoms. The highest BCUT2D eigenvalue weighted by Crippen LogP contribution is 2.13. The number of rotatable bonds is 4. The van der Waals surface area contributed by atoms with Crippen LogP contribution in [0.1, 0.15) is 12.0 Å². The Morgan fingerprint density at radius 1 is 1.00 bits per heavy atom. The molecule has 1 aliphatic rings. The van der Waals surface area contributed by atoms with Crippen molar-refractivity contribution < 1.29 is 0 Å². The first-order chi connectivity index (χ1) is 8.78. The van der Waals surface area contributed by atoms with Crippen LogP contribution in [0.3, 0.4) is 0 Å². The van der Waals surface area contributed by atoms with E-state index in [-0.39, 0.29) is 0 Å². The Hall–Kier alpha value is -0.0900. The number of alkyl halides is 1. The highest BCUT2D eigenvalue weighted by Gasteiger charge is 2.14. The highest BCUT2D eigenvalue weighted by molar-refractivity contribution is 9.09. The standard InChI is InChI=1S/C14H20BrClN2/c15-6-9-17-7-1-8-18(11-10-17)12-13-2-4-14(16)5-3-13/h2-5H,1,6-12H2. The lowest BCUT2D eigenvalue weighted by Gasteiger charge is -2.21. The Balaban J connectivity index is 1.84. The lowest BCUT2D eigenvalue weighted by atomic mass is 10.2. The zero-order valence-corrected chi connectivity index (χ0v) is 13.0. The van der Waals surface area contributed by atoms with E-state index in [4.69, 9.17) is 11.6 Å². The summed E-state index contributed by atoms with van der Waals surface area (Å²) in [7, 11) is 0. The van der Waals surface area contributed by atoms with E-state index in [9.17, 15) is 0 Å². The van der Waals surface area contributed by atoms with Gasteiger partial charge in [-0.3, -0.25) is 4.90 Å². The SMILES string of the molecule is Clc1ccc(CN2CCCN(CCBr)CC2)cc1. The molecule has 0 radical (unpaired) electrons. The molecule has 1 heterocycles. The average Bonchev–Trinajstić information content (AvgIpc) is 2.59. The molecular weight excluding hydrogens is 312 g/mol. The summed E-state index contributed by atoms with van der Waals surface area (Å²) in [6.45, 7) is 6.97. The molecule has 1 saturated heterocycles. The van der Waals surface area contributed by atoms with Crippen LogP contribution in [-0.2, 0) is 6.54 Å². The first kappa shape index (κ1) is 14.3. The molecular formula is C14H20BrClN2. The van der Waals surface area contributed by atoms with Crippen molar-refractivity contribution in [2.24, 2.45) is 0 Å². The molecule has 0 N–H and O–H groups in total. The first-order valence-corrected chi connectivity index (χ1v) is 8.03. The highest BCUT2D eigenvalue weighted by atomic mass is 79.9. The van der Waals surface area contributed by atoms with Crippen molar-refractivity contribution >= 4 is 27.5 Å². The average molecular weight is 332 g/mol. The van der Waals surface area contributed by atoms with Gasteiger partial charge in [-0.05, 0) is 37.2 Å². The zero-order valence-electron chi connectivity index (χ0n) is 10.6. The van der Waals surface area contributed by atoms with E-state index in [0.29, 0.717) is 0 Å². The van der Waals surface area contributed by atoms with Crippen LogP contribution in [0, 0.1) is 0 Å². The van der Waals surface area contributed by atoms with Gasteiger partial charge in [0.1, 0.15) is 0 Å². The molecule has 0 atom stereocenters. The monoisotopic (exact) mass is 330 g/mol. The van der Waals surface area contributed by atoms with Crippen molar-refractivity contribution in [2.45, 2.75) is 13.0 Å². The number of halogens is 2. The van der Waals surface area contributed by atoms with Crippen LogP contribution in [0.25, 0.3) is 0 Å². The Morgan fingerprint density at radius 3 is 2.39 bits per heavy atom. The van der Waals surface area contributed by atoms with Gasteiger partial charge in [0.05, 0.1) is 0 Å². The van der Waals surface area contributed by atoms with Crippen molar-refractivity contribution in [3.05, 3.63) is 34.9 Å². The summed E-state index contributed by atoms with van der Waals surface area (Å²) in [6, 6.07) is 8.21. The lowest BCUT2D eigenvalue weighted by molar-refractivity contribution is 0.258. The fraction of sp³-hybridized carbons (Fsp3) is 0.571. The molecule has 1 aliphatic heterocycles. The van der Waals surface area contributed by atoms with Crippen molar-refractivity contribution in [2.75, 3.05) is 38.1 Å². The number of benzene rings is 1. The van der Waals surface area contributed by atoms with Crippen LogP contribution in [0.2, 0.25) is 5.02 Å². The molecule has 0 aliphatic carbocycles. The summed E-state index contributed by atoms with van der Waals surface area (Å²) < 4.78 is 0. The second-order valence-electron chi connectivity index (χ2n) is 4.79. The minimum atomic E-state index is 0.818. The Bertz CT molecular complexity index is 355. The van der Waals surface area contributed by atoms with E-state index >= 15 is 0 Å². The molecule has 0 bridgehead atoms. The Labute approximate surface area is 123 Å². The third kappa shape index (κ3) is 4.54. The van der Waals surface area contributed by atoms with Crippen LogP contribution in [0.4, 0.5) is 0 Å². The van der Waals surface area contributed by atoms with Crippen LogP contribution in [0.15, 0.2) is 24.3 Å². The fourth-order valence-electron chi connectivity index (χ4n) is 2.37. The van der Waals surface area contributed by atoms with Gasteiger partial charge in [0.2, 0.25) is 0 Å². The molecule has 0 saturated carbocycles. The summed E-state index contributed by atoms with van der Waals surface area (Å²) in [4.78, 5) is 5.08. The van der Waals surface area contributed by atoms with Crippen molar-refractivity contribution in [3.63, 3.8) is 0 Å². The minimum Gasteiger partial charge on any atom is -0.301 e. The van der Waals surface area contributed by atoms with Crippen LogP contribution < -0.4 is 0 Å². The smallest absolute Gasteiger partial charge is 0.0406 e. The maximum absolute atomic E-state index is 5.91. The summed E-state index contributed by atoms with van der Waals surface area (Å²) in [6.07, 6.45) is 1.26. The molecule has 1 aromatic rings. The summed E-state index contributed by atoms with van der Waals surface area (Å²) in [5.41, 5.74) is 1.35. The van der Waals surface area contributed by atoms with Gasteiger partial charge in [-0.25, -0.2) is 0 Å². The number of hydrogen-bond donors (Lipinski definition) is 0. The normalized spacial score (nSPS) is 18.8. The predicted octanol–water partition coefficient (Wildman–Crippen LogP) is 3.24. The van der Waals surface area contributed by atoms with Gasteiger partial charge in [-0.1, -0.05) is 39.7 Å². The van der Waals surface area contributed by atoms with Crippen LogP contribution >= 0.6 is 27.5 Å². The number of hydrogen-bond acceptors (Lipinski definition) is 2. The minimum absolute atomic E-state index is 0.818. The molecule has 1 aromatic carbocycles. The summed E-state index contributed by atoms with van der Waals surface area (Å²) in [5.74, 6) is 0. The van der Waals surface area contributed by atoms with Crippen LogP contribution in [-0.4, -0.2) is 47.9 Å². The second-order valence-corrected chi connectivity index (χ2v) is 6.02. The largest absolute Gasteiger partial charge is 0.301 e. The number of nitrogens with zero attached hydrogens (tertiary/aromatic N) is 2. The van der Waals surface area contributed by atoms with E-state index in [0.717, 1.165) is 30.0 Å². The molecule has 18 heavy (non-hydrogen) atoms. The maximum atomic E-state index is 5.91. The van der Waals surface area contributed by atoms with Gasteiger partial charge in [0, 0.05) is 36.5 Å². The predicted molar refractivity (Wildman–Crippen MR) is 81.6 cm³/mol. The van der Waals surface area contributed by atoms with Gasteiger partial charge in [0.15, 0.2) is 0 Å². The van der Waals surface area contributed by atoms with Crippen molar-refractivity contribution in [1.29, 1.82) is 0 Å². The van der Waals surface area contributed by atoms with Crippen molar-refractivity contribution in [3.8, 4) is 0 Å². The Kier molecular flexibility index (Phi) is 5.96. The van der Waals surface area contributed by atoms with E-state index in [1.807, 2.05) is 12.1 Å². The molecule has 0 aromatic heterocycles. The van der Waals surface area contributed by atoms with E-state index < -0.39 is 0 Å². The van der Waals surface area contributed by atoms with E-state index in [1.165, 1.54) is 31.6 Å². The Morgan fingerprint density at radius 2 is 1.67 bits per heavy atom. The van der Waals surface area contributed by atoms with Crippen LogP contribution in [0.5, 0.6) is 0 Å². The van der Waals surface area contributed by atoms with Gasteiger partial charge in [0.25, 0.3) is 0 Å². The third-order valence-electron chi connectivity index (χ3n) is 3.40. The topological polar surface area (TPSA) is 6.48 Å². The third-order valence-corrected chi connectivity index (χ3v) is 4.01. The second kappa shape index (κ2) is 7.49. The molecule has 2 rings (SSSR count). The molecule has 1 fully saturated rings. The van der Waals surface area contributed by atoms with Gasteiger partial charge in [-0.15, -0.1) is 0 Å². The molecule has 0 unspecified atom stereocenters. The first-order valence-electron chi connectivity index (χ1n) is 6.53. The van der Waals surface area contributed by atoms with Gasteiger partial charge in [-0.2, -0.15) is 0 Å². The fourth-order valence-corrected chi connectivity index (χ4v) is 3.00. The summed E-state index contributed by atoms with van der Waals surface area (Å²) in [5, 5.41) is 1.89. The van der Waals surface area contributed by atoms with Gasteiger partial charge >= 0.3 is 0 Å². The summed E-state index contributed by atoms with van der Waals surface area (Å²) >= 11 is 9.43. The molecule has 100 valence electrons.